The van der Waals surface area contributed by atoms with Gasteiger partial charge in [-0.25, -0.2) is 0 Å². The van der Waals surface area contributed by atoms with Crippen molar-refractivity contribution in [3.63, 3.8) is 0 Å². The molecule has 0 radical (unpaired) electrons. The summed E-state index contributed by atoms with van der Waals surface area (Å²) in [5, 5.41) is 3.33. The molecule has 1 heterocycles. The number of nitrogens with zero attached hydrogens (tertiary/aromatic N) is 2. The van der Waals surface area contributed by atoms with Gasteiger partial charge in [-0.2, -0.15) is 0 Å². The first-order valence-electron chi connectivity index (χ1n) is 5.47. The highest BCUT2D eigenvalue weighted by atomic mass is 14.8. The molecule has 3 heteroatoms. The molecule has 0 bridgehead atoms. The van der Waals surface area contributed by atoms with E-state index in [2.05, 4.69) is 34.3 Å². The lowest BCUT2D eigenvalue weighted by atomic mass is 10.0. The van der Waals surface area contributed by atoms with E-state index in [-0.39, 0.29) is 0 Å². The van der Waals surface area contributed by atoms with Crippen molar-refractivity contribution in [2.75, 3.05) is 6.54 Å². The minimum absolute atomic E-state index is 0.864. The molecule has 0 unspecified atom stereocenters. The van der Waals surface area contributed by atoms with Gasteiger partial charge in [-0.3, -0.25) is 9.97 Å². The van der Waals surface area contributed by atoms with Crippen LogP contribution in [0, 0.1) is 0 Å². The maximum Gasteiger partial charge on any atom is 0.0888 e. The molecule has 0 aliphatic rings. The van der Waals surface area contributed by atoms with Gasteiger partial charge < -0.3 is 5.32 Å². The molecule has 0 saturated heterocycles. The van der Waals surface area contributed by atoms with Gasteiger partial charge in [0.2, 0.25) is 0 Å². The fourth-order valence-corrected chi connectivity index (χ4v) is 1.62. The van der Waals surface area contributed by atoms with Crippen LogP contribution in [0.15, 0.2) is 42.9 Å². The fraction of sp³-hybridized carbons (Fsp3) is 0.231. The van der Waals surface area contributed by atoms with Gasteiger partial charge in [-0.1, -0.05) is 31.2 Å². The molecule has 0 spiro atoms. The van der Waals surface area contributed by atoms with Crippen LogP contribution in [0.4, 0.5) is 0 Å². The summed E-state index contributed by atoms with van der Waals surface area (Å²) >= 11 is 0. The van der Waals surface area contributed by atoms with Gasteiger partial charge in [0.15, 0.2) is 0 Å². The zero-order chi connectivity index (χ0) is 11.2. The standard InChI is InChI=1S/C13H15N3/c1-2-14-9-11-5-3-4-6-12(11)13-10-15-7-8-16-13/h3-8,10,14H,2,9H2,1H3. The maximum atomic E-state index is 4.33. The summed E-state index contributed by atoms with van der Waals surface area (Å²) in [5.41, 5.74) is 3.33. The normalized spacial score (nSPS) is 10.3. The van der Waals surface area contributed by atoms with Gasteiger partial charge in [0, 0.05) is 24.5 Å². The number of hydrogen-bond acceptors (Lipinski definition) is 3. The Labute approximate surface area is 95.6 Å². The van der Waals surface area contributed by atoms with Crippen LogP contribution >= 0.6 is 0 Å². The molecule has 1 aromatic heterocycles. The van der Waals surface area contributed by atoms with Crippen LogP contribution in [-0.4, -0.2) is 16.5 Å². The van der Waals surface area contributed by atoms with E-state index in [1.165, 1.54) is 5.56 Å². The number of nitrogens with one attached hydrogen (secondary N) is 1. The van der Waals surface area contributed by atoms with Gasteiger partial charge in [-0.05, 0) is 12.1 Å². The Kier molecular flexibility index (Phi) is 3.62. The van der Waals surface area contributed by atoms with E-state index in [0.29, 0.717) is 0 Å². The Morgan fingerprint density at radius 1 is 1.19 bits per heavy atom. The molecule has 1 N–H and O–H groups in total. The molecule has 0 aliphatic heterocycles. The Balaban J connectivity index is 2.33. The first-order valence-corrected chi connectivity index (χ1v) is 5.47. The lowest BCUT2D eigenvalue weighted by Crippen LogP contribution is -2.12. The summed E-state index contributed by atoms with van der Waals surface area (Å²) in [6.07, 6.45) is 5.21. The molecule has 2 aromatic rings. The number of benzene rings is 1. The van der Waals surface area contributed by atoms with Gasteiger partial charge in [0.1, 0.15) is 0 Å². The van der Waals surface area contributed by atoms with Crippen LogP contribution in [0.2, 0.25) is 0 Å². The average molecular weight is 213 g/mol. The summed E-state index contributed by atoms with van der Waals surface area (Å²) in [5.74, 6) is 0. The quantitative estimate of drug-likeness (QED) is 0.846. The summed E-state index contributed by atoms with van der Waals surface area (Å²) in [7, 11) is 0. The van der Waals surface area contributed by atoms with Gasteiger partial charge in [0.05, 0.1) is 11.9 Å². The minimum Gasteiger partial charge on any atom is -0.313 e. The zero-order valence-electron chi connectivity index (χ0n) is 9.35. The largest absolute Gasteiger partial charge is 0.313 e. The Hall–Kier alpha value is -1.74. The summed E-state index contributed by atoms with van der Waals surface area (Å²) in [6.45, 7) is 3.93. The second-order valence-corrected chi connectivity index (χ2v) is 3.53. The molecule has 0 aliphatic carbocycles. The molecule has 0 amide bonds. The SMILES string of the molecule is CCNCc1ccccc1-c1cnccn1. The average Bonchev–Trinajstić information content (AvgIpc) is 2.38. The lowest BCUT2D eigenvalue weighted by molar-refractivity contribution is 0.727. The van der Waals surface area contributed by atoms with Crippen molar-refractivity contribution in [3.05, 3.63) is 48.4 Å². The summed E-state index contributed by atoms with van der Waals surface area (Å²) in [6, 6.07) is 8.27. The summed E-state index contributed by atoms with van der Waals surface area (Å²) < 4.78 is 0. The molecule has 3 nitrogen and oxygen atoms in total. The highest BCUT2D eigenvalue weighted by Crippen LogP contribution is 2.20. The van der Waals surface area contributed by atoms with Crippen molar-refractivity contribution in [1.82, 2.24) is 15.3 Å². The molecule has 16 heavy (non-hydrogen) atoms. The van der Waals surface area contributed by atoms with Crippen molar-refractivity contribution in [1.29, 1.82) is 0 Å². The van der Waals surface area contributed by atoms with E-state index < -0.39 is 0 Å². The zero-order valence-corrected chi connectivity index (χ0v) is 9.35. The highest BCUT2D eigenvalue weighted by molar-refractivity contribution is 5.62. The van der Waals surface area contributed by atoms with Crippen molar-refractivity contribution < 1.29 is 0 Å². The number of rotatable bonds is 4. The first-order chi connectivity index (χ1) is 7.92. The van der Waals surface area contributed by atoms with Crippen LogP contribution in [0.3, 0.4) is 0 Å². The van der Waals surface area contributed by atoms with Crippen molar-refractivity contribution >= 4 is 0 Å². The Morgan fingerprint density at radius 3 is 2.81 bits per heavy atom. The van der Waals surface area contributed by atoms with Crippen LogP contribution in [0.1, 0.15) is 12.5 Å². The minimum atomic E-state index is 0.864. The van der Waals surface area contributed by atoms with Crippen LogP contribution in [0.5, 0.6) is 0 Å². The monoisotopic (exact) mass is 213 g/mol. The topological polar surface area (TPSA) is 37.8 Å². The third-order valence-corrected chi connectivity index (χ3v) is 2.42. The lowest BCUT2D eigenvalue weighted by Gasteiger charge is -2.08. The Bertz CT molecular complexity index is 440. The fourth-order valence-electron chi connectivity index (χ4n) is 1.62. The molecular weight excluding hydrogens is 198 g/mol. The first kappa shape index (κ1) is 10.8. The van der Waals surface area contributed by atoms with E-state index >= 15 is 0 Å². The van der Waals surface area contributed by atoms with Crippen molar-refractivity contribution in [3.8, 4) is 11.3 Å². The molecule has 0 atom stereocenters. The molecule has 1 aromatic carbocycles. The van der Waals surface area contributed by atoms with Crippen LogP contribution < -0.4 is 5.32 Å². The molecule has 2 rings (SSSR count). The third kappa shape index (κ3) is 2.44. The maximum absolute atomic E-state index is 4.33. The summed E-state index contributed by atoms with van der Waals surface area (Å²) in [4.78, 5) is 8.43. The van der Waals surface area contributed by atoms with E-state index in [1.54, 1.807) is 18.6 Å². The smallest absolute Gasteiger partial charge is 0.0888 e. The van der Waals surface area contributed by atoms with Gasteiger partial charge in [0.25, 0.3) is 0 Å². The van der Waals surface area contributed by atoms with Crippen molar-refractivity contribution in [2.45, 2.75) is 13.5 Å². The molecule has 0 saturated carbocycles. The van der Waals surface area contributed by atoms with Gasteiger partial charge in [-0.15, -0.1) is 0 Å². The predicted octanol–water partition coefficient (Wildman–Crippen LogP) is 2.25. The van der Waals surface area contributed by atoms with Gasteiger partial charge >= 0.3 is 0 Å². The predicted molar refractivity (Wildman–Crippen MR) is 64.8 cm³/mol. The van der Waals surface area contributed by atoms with Crippen molar-refractivity contribution in [2.24, 2.45) is 0 Å². The van der Waals surface area contributed by atoms with E-state index in [4.69, 9.17) is 0 Å². The Morgan fingerprint density at radius 2 is 2.06 bits per heavy atom. The second kappa shape index (κ2) is 5.37. The third-order valence-electron chi connectivity index (χ3n) is 2.42. The number of aromatic nitrogens is 2. The molecule has 82 valence electrons. The molecular formula is C13H15N3. The molecule has 0 fully saturated rings. The van der Waals surface area contributed by atoms with E-state index in [0.717, 1.165) is 24.3 Å². The highest BCUT2D eigenvalue weighted by Gasteiger charge is 2.04. The number of hydrogen-bond donors (Lipinski definition) is 1. The van der Waals surface area contributed by atoms with Crippen LogP contribution in [-0.2, 0) is 6.54 Å². The van der Waals surface area contributed by atoms with Crippen LogP contribution in [0.25, 0.3) is 11.3 Å². The van der Waals surface area contributed by atoms with E-state index in [1.807, 2.05) is 12.1 Å². The second-order valence-electron chi connectivity index (χ2n) is 3.53. The van der Waals surface area contributed by atoms with E-state index in [9.17, 15) is 0 Å².